The minimum Gasteiger partial charge on any atom is -0.338 e. The van der Waals surface area contributed by atoms with Crippen molar-refractivity contribution in [1.82, 2.24) is 4.90 Å². The Morgan fingerprint density at radius 1 is 1.12 bits per heavy atom. The molecule has 1 N–H and O–H groups in total. The fraction of sp³-hybridized carbons (Fsp3) is 0.300. The molecule has 1 atom stereocenters. The fourth-order valence-electron chi connectivity index (χ4n) is 3.04. The first-order valence-corrected chi connectivity index (χ1v) is 10.0. The average Bonchev–Trinajstić information content (AvgIpc) is 2.88. The lowest BCUT2D eigenvalue weighted by molar-refractivity contribution is -0.114. The van der Waals surface area contributed by atoms with Crippen LogP contribution in [0.3, 0.4) is 0 Å². The predicted molar refractivity (Wildman–Crippen MR) is 108 cm³/mol. The SMILES string of the molecule is CC(=O)Nc1ccc(C(=O)N2CCSC(c3ccccc3Cl)CC2)cc1. The molecule has 1 aliphatic heterocycles. The lowest BCUT2D eigenvalue weighted by Gasteiger charge is -2.20. The Hall–Kier alpha value is -1.98. The first kappa shape index (κ1) is 18.8. The van der Waals surface area contributed by atoms with Gasteiger partial charge in [0.1, 0.15) is 0 Å². The molecular weight excluding hydrogens is 368 g/mol. The van der Waals surface area contributed by atoms with Gasteiger partial charge >= 0.3 is 0 Å². The quantitative estimate of drug-likeness (QED) is 0.834. The van der Waals surface area contributed by atoms with E-state index in [9.17, 15) is 9.59 Å². The number of nitrogens with one attached hydrogen (secondary N) is 1. The molecular formula is C20H21ClN2O2S. The number of rotatable bonds is 3. The van der Waals surface area contributed by atoms with Crippen LogP contribution in [0.1, 0.15) is 34.5 Å². The van der Waals surface area contributed by atoms with E-state index in [1.165, 1.54) is 6.92 Å². The second-order valence-corrected chi connectivity index (χ2v) is 7.94. The highest BCUT2D eigenvalue weighted by molar-refractivity contribution is 7.99. The number of benzene rings is 2. The Bertz CT molecular complexity index is 795. The molecule has 1 unspecified atom stereocenters. The molecule has 1 saturated heterocycles. The van der Waals surface area contributed by atoms with Crippen molar-refractivity contribution in [3.05, 3.63) is 64.7 Å². The van der Waals surface area contributed by atoms with E-state index in [2.05, 4.69) is 11.4 Å². The van der Waals surface area contributed by atoms with Gasteiger partial charge in [0.2, 0.25) is 5.91 Å². The number of carbonyl (C=O) groups excluding carboxylic acids is 2. The molecule has 0 aromatic heterocycles. The van der Waals surface area contributed by atoms with E-state index < -0.39 is 0 Å². The summed E-state index contributed by atoms with van der Waals surface area (Å²) >= 11 is 8.18. The van der Waals surface area contributed by atoms with Crippen LogP contribution in [0.5, 0.6) is 0 Å². The third-order valence-corrected chi connectivity index (χ3v) is 5.99. The summed E-state index contributed by atoms with van der Waals surface area (Å²) < 4.78 is 0. The number of nitrogens with zero attached hydrogens (tertiary/aromatic N) is 1. The molecule has 26 heavy (non-hydrogen) atoms. The van der Waals surface area contributed by atoms with E-state index in [1.54, 1.807) is 24.3 Å². The van der Waals surface area contributed by atoms with Crippen molar-refractivity contribution < 1.29 is 9.59 Å². The van der Waals surface area contributed by atoms with Crippen molar-refractivity contribution in [2.24, 2.45) is 0 Å². The van der Waals surface area contributed by atoms with Crippen molar-refractivity contribution >= 4 is 40.9 Å². The number of carbonyl (C=O) groups is 2. The number of anilines is 1. The van der Waals surface area contributed by atoms with Crippen LogP contribution >= 0.6 is 23.4 Å². The maximum absolute atomic E-state index is 12.8. The molecule has 0 spiro atoms. The number of thioether (sulfide) groups is 1. The van der Waals surface area contributed by atoms with Gasteiger partial charge in [-0.3, -0.25) is 9.59 Å². The average molecular weight is 389 g/mol. The Morgan fingerprint density at radius 3 is 2.54 bits per heavy atom. The zero-order valence-electron chi connectivity index (χ0n) is 14.6. The molecule has 0 bridgehead atoms. The Morgan fingerprint density at radius 2 is 1.85 bits per heavy atom. The van der Waals surface area contributed by atoms with Gasteiger partial charge in [0.05, 0.1) is 0 Å². The summed E-state index contributed by atoms with van der Waals surface area (Å²) in [4.78, 5) is 25.8. The van der Waals surface area contributed by atoms with Crippen LogP contribution < -0.4 is 5.32 Å². The van der Waals surface area contributed by atoms with E-state index in [0.717, 1.165) is 29.3 Å². The molecule has 1 heterocycles. The van der Waals surface area contributed by atoms with Gasteiger partial charge in [-0.25, -0.2) is 0 Å². The van der Waals surface area contributed by atoms with E-state index in [4.69, 9.17) is 11.6 Å². The van der Waals surface area contributed by atoms with Gasteiger partial charge in [-0.1, -0.05) is 29.8 Å². The molecule has 6 heteroatoms. The minimum absolute atomic E-state index is 0.0276. The topological polar surface area (TPSA) is 49.4 Å². The first-order chi connectivity index (χ1) is 12.5. The van der Waals surface area contributed by atoms with Gasteiger partial charge in [0, 0.05) is 47.3 Å². The molecule has 0 radical (unpaired) electrons. The zero-order chi connectivity index (χ0) is 18.5. The summed E-state index contributed by atoms with van der Waals surface area (Å²) in [6, 6.07) is 15.0. The van der Waals surface area contributed by atoms with Gasteiger partial charge in [-0.2, -0.15) is 11.8 Å². The minimum atomic E-state index is -0.126. The smallest absolute Gasteiger partial charge is 0.253 e. The largest absolute Gasteiger partial charge is 0.338 e. The number of amides is 2. The number of hydrogen-bond donors (Lipinski definition) is 1. The zero-order valence-corrected chi connectivity index (χ0v) is 16.1. The molecule has 2 aromatic carbocycles. The monoisotopic (exact) mass is 388 g/mol. The van der Waals surface area contributed by atoms with Crippen LogP contribution in [0.4, 0.5) is 5.69 Å². The molecule has 2 aromatic rings. The highest BCUT2D eigenvalue weighted by Crippen LogP contribution is 2.37. The van der Waals surface area contributed by atoms with Crippen LogP contribution in [0.15, 0.2) is 48.5 Å². The summed E-state index contributed by atoms with van der Waals surface area (Å²) in [5.41, 5.74) is 2.48. The Labute approximate surface area is 162 Å². The van der Waals surface area contributed by atoms with E-state index in [-0.39, 0.29) is 11.8 Å². The highest BCUT2D eigenvalue weighted by atomic mass is 35.5. The number of halogens is 1. The molecule has 3 rings (SSSR count). The standard InChI is InChI=1S/C20H21ClN2O2S/c1-14(24)22-16-8-6-15(7-9-16)20(25)23-11-10-19(26-13-12-23)17-4-2-3-5-18(17)21/h2-9,19H,10-13H2,1H3,(H,22,24). The highest BCUT2D eigenvalue weighted by Gasteiger charge is 2.24. The van der Waals surface area contributed by atoms with Crippen LogP contribution in [-0.2, 0) is 4.79 Å². The molecule has 1 fully saturated rings. The van der Waals surface area contributed by atoms with E-state index in [1.807, 2.05) is 34.9 Å². The van der Waals surface area contributed by atoms with Crippen molar-refractivity contribution in [2.75, 3.05) is 24.2 Å². The maximum Gasteiger partial charge on any atom is 0.253 e. The third-order valence-electron chi connectivity index (χ3n) is 4.33. The second-order valence-electron chi connectivity index (χ2n) is 6.22. The van der Waals surface area contributed by atoms with Gasteiger partial charge < -0.3 is 10.2 Å². The summed E-state index contributed by atoms with van der Waals surface area (Å²) in [6.07, 6.45) is 0.879. The molecule has 1 aliphatic rings. The molecule has 136 valence electrons. The van der Waals surface area contributed by atoms with Crippen molar-refractivity contribution in [1.29, 1.82) is 0 Å². The van der Waals surface area contributed by atoms with Crippen molar-refractivity contribution in [3.8, 4) is 0 Å². The Kier molecular flexibility index (Phi) is 6.22. The summed E-state index contributed by atoms with van der Waals surface area (Å²) in [5.74, 6) is 0.782. The third kappa shape index (κ3) is 4.59. The van der Waals surface area contributed by atoms with Crippen LogP contribution in [0.25, 0.3) is 0 Å². The van der Waals surface area contributed by atoms with Crippen molar-refractivity contribution in [2.45, 2.75) is 18.6 Å². The van der Waals surface area contributed by atoms with Crippen LogP contribution in [0.2, 0.25) is 5.02 Å². The van der Waals surface area contributed by atoms with Crippen LogP contribution in [0, 0.1) is 0 Å². The molecule has 4 nitrogen and oxygen atoms in total. The lowest BCUT2D eigenvalue weighted by atomic mass is 10.1. The number of hydrogen-bond acceptors (Lipinski definition) is 3. The lowest BCUT2D eigenvalue weighted by Crippen LogP contribution is -2.32. The Balaban J connectivity index is 1.66. The van der Waals surface area contributed by atoms with Gasteiger partial charge in [0.15, 0.2) is 0 Å². The summed E-state index contributed by atoms with van der Waals surface area (Å²) in [6.45, 7) is 2.89. The van der Waals surface area contributed by atoms with E-state index in [0.29, 0.717) is 23.0 Å². The van der Waals surface area contributed by atoms with Crippen LogP contribution in [-0.4, -0.2) is 35.6 Å². The molecule has 0 saturated carbocycles. The molecule has 2 amide bonds. The van der Waals surface area contributed by atoms with Gasteiger partial charge in [-0.05, 0) is 42.3 Å². The summed E-state index contributed by atoms with van der Waals surface area (Å²) in [5, 5.41) is 3.81. The van der Waals surface area contributed by atoms with Gasteiger partial charge in [0.25, 0.3) is 5.91 Å². The second kappa shape index (κ2) is 8.60. The summed E-state index contributed by atoms with van der Waals surface area (Å²) in [7, 11) is 0. The van der Waals surface area contributed by atoms with Gasteiger partial charge in [-0.15, -0.1) is 0 Å². The molecule has 0 aliphatic carbocycles. The predicted octanol–water partition coefficient (Wildman–Crippen LogP) is 4.62. The fourth-order valence-corrected chi connectivity index (χ4v) is 4.64. The van der Waals surface area contributed by atoms with E-state index >= 15 is 0 Å². The normalized spacial score (nSPS) is 17.5. The van der Waals surface area contributed by atoms with Crippen molar-refractivity contribution in [3.63, 3.8) is 0 Å². The maximum atomic E-state index is 12.8. The first-order valence-electron chi connectivity index (χ1n) is 8.57.